The van der Waals surface area contributed by atoms with Crippen LogP contribution in [0.4, 0.5) is 4.79 Å². The van der Waals surface area contributed by atoms with Gasteiger partial charge in [-0.25, -0.2) is 9.59 Å². The Bertz CT molecular complexity index is 1050. The first kappa shape index (κ1) is 22.8. The van der Waals surface area contributed by atoms with Crippen LogP contribution in [0.15, 0.2) is 52.9 Å². The van der Waals surface area contributed by atoms with E-state index in [1.165, 1.54) is 0 Å². The number of benzene rings is 2. The van der Waals surface area contributed by atoms with Crippen molar-refractivity contribution in [1.82, 2.24) is 20.8 Å². The summed E-state index contributed by atoms with van der Waals surface area (Å²) in [6.07, 6.45) is -0.719. The SMILES string of the molecule is COc1ccc(-c2nnc([C@H](C)OC(=O)c3ccc(CNC(=O)NC(C)C)cc3)o2)cc1. The van der Waals surface area contributed by atoms with Gasteiger partial charge >= 0.3 is 12.0 Å². The lowest BCUT2D eigenvalue weighted by Gasteiger charge is -2.11. The van der Waals surface area contributed by atoms with E-state index in [1.54, 1.807) is 62.6 Å². The zero-order chi connectivity index (χ0) is 23.1. The summed E-state index contributed by atoms with van der Waals surface area (Å²) in [7, 11) is 1.59. The maximum atomic E-state index is 12.5. The van der Waals surface area contributed by atoms with Gasteiger partial charge in [-0.05, 0) is 62.7 Å². The molecule has 32 heavy (non-hydrogen) atoms. The minimum Gasteiger partial charge on any atom is -0.497 e. The average molecular weight is 438 g/mol. The van der Waals surface area contributed by atoms with E-state index in [4.69, 9.17) is 13.9 Å². The predicted molar refractivity (Wildman–Crippen MR) is 117 cm³/mol. The third kappa shape index (κ3) is 6.07. The van der Waals surface area contributed by atoms with Crippen LogP contribution >= 0.6 is 0 Å². The summed E-state index contributed by atoms with van der Waals surface area (Å²) in [4.78, 5) is 24.1. The van der Waals surface area contributed by atoms with Crippen LogP contribution in [0.1, 0.15) is 48.7 Å². The van der Waals surface area contributed by atoms with Gasteiger partial charge in [0.15, 0.2) is 6.10 Å². The molecular weight excluding hydrogens is 412 g/mol. The minimum atomic E-state index is -0.719. The molecule has 3 rings (SSSR count). The monoisotopic (exact) mass is 438 g/mol. The molecule has 0 aliphatic rings. The number of carbonyl (C=O) groups is 2. The summed E-state index contributed by atoms with van der Waals surface area (Å²) in [5, 5.41) is 13.5. The van der Waals surface area contributed by atoms with Crippen molar-refractivity contribution in [2.75, 3.05) is 7.11 Å². The van der Waals surface area contributed by atoms with Crippen molar-refractivity contribution in [1.29, 1.82) is 0 Å². The Morgan fingerprint density at radius 3 is 2.31 bits per heavy atom. The van der Waals surface area contributed by atoms with Gasteiger partial charge in [0.2, 0.25) is 5.89 Å². The van der Waals surface area contributed by atoms with Gasteiger partial charge in [0.1, 0.15) is 5.75 Å². The number of carbonyl (C=O) groups excluding carboxylic acids is 2. The summed E-state index contributed by atoms with van der Waals surface area (Å²) in [5.74, 6) is 0.722. The molecule has 0 aliphatic heterocycles. The minimum absolute atomic E-state index is 0.0558. The molecule has 3 aromatic rings. The van der Waals surface area contributed by atoms with Crippen LogP contribution in [0.2, 0.25) is 0 Å². The van der Waals surface area contributed by atoms with Crippen molar-refractivity contribution in [3.05, 3.63) is 65.5 Å². The maximum absolute atomic E-state index is 12.5. The Hall–Kier alpha value is -3.88. The van der Waals surface area contributed by atoms with Crippen molar-refractivity contribution >= 4 is 12.0 Å². The Labute approximate surface area is 186 Å². The molecule has 0 fully saturated rings. The third-order valence-electron chi connectivity index (χ3n) is 4.47. The molecule has 2 aromatic carbocycles. The van der Waals surface area contributed by atoms with Crippen LogP contribution in [-0.4, -0.2) is 35.3 Å². The summed E-state index contributed by atoms with van der Waals surface area (Å²) in [6.45, 7) is 5.78. The number of ether oxygens (including phenoxy) is 2. The summed E-state index contributed by atoms with van der Waals surface area (Å²) >= 11 is 0. The lowest BCUT2D eigenvalue weighted by atomic mass is 10.1. The number of amides is 2. The van der Waals surface area contributed by atoms with E-state index in [2.05, 4.69) is 20.8 Å². The lowest BCUT2D eigenvalue weighted by molar-refractivity contribution is 0.0280. The molecule has 1 heterocycles. The van der Waals surface area contributed by atoms with Crippen molar-refractivity contribution in [2.24, 2.45) is 0 Å². The second-order valence-electron chi connectivity index (χ2n) is 7.40. The van der Waals surface area contributed by atoms with Crippen LogP contribution in [0.3, 0.4) is 0 Å². The zero-order valence-electron chi connectivity index (χ0n) is 18.4. The van der Waals surface area contributed by atoms with Gasteiger partial charge in [-0.1, -0.05) is 12.1 Å². The van der Waals surface area contributed by atoms with E-state index in [-0.39, 0.29) is 18.0 Å². The van der Waals surface area contributed by atoms with Gasteiger partial charge in [-0.2, -0.15) is 0 Å². The molecule has 9 heteroatoms. The Kier molecular flexibility index (Phi) is 7.43. The van der Waals surface area contributed by atoms with E-state index < -0.39 is 12.1 Å². The van der Waals surface area contributed by atoms with Crippen molar-refractivity contribution < 1.29 is 23.5 Å². The molecule has 168 valence electrons. The summed E-state index contributed by atoms with van der Waals surface area (Å²) in [6, 6.07) is 13.8. The fraction of sp³-hybridized carbons (Fsp3) is 0.304. The number of esters is 1. The average Bonchev–Trinajstić information content (AvgIpc) is 3.28. The fourth-order valence-corrected chi connectivity index (χ4v) is 2.78. The Morgan fingerprint density at radius 2 is 1.69 bits per heavy atom. The molecule has 0 aliphatic carbocycles. The van der Waals surface area contributed by atoms with E-state index in [9.17, 15) is 9.59 Å². The van der Waals surface area contributed by atoms with E-state index >= 15 is 0 Å². The standard InChI is InChI=1S/C23H26N4O5/c1-14(2)25-23(29)24-13-16-5-7-18(8-6-16)22(28)31-15(3)20-26-27-21(32-20)17-9-11-19(30-4)12-10-17/h5-12,14-15H,13H2,1-4H3,(H2,24,25,29)/t15-/m0/s1. The number of hydrogen-bond donors (Lipinski definition) is 2. The zero-order valence-corrected chi connectivity index (χ0v) is 18.4. The highest BCUT2D eigenvalue weighted by molar-refractivity contribution is 5.89. The Morgan fingerprint density at radius 1 is 1.00 bits per heavy atom. The lowest BCUT2D eigenvalue weighted by Crippen LogP contribution is -2.39. The highest BCUT2D eigenvalue weighted by atomic mass is 16.6. The van der Waals surface area contributed by atoms with Gasteiger partial charge in [0.05, 0.1) is 12.7 Å². The van der Waals surface area contributed by atoms with Crippen molar-refractivity contribution in [2.45, 2.75) is 39.5 Å². The molecule has 0 radical (unpaired) electrons. The topological polar surface area (TPSA) is 116 Å². The number of nitrogens with zero attached hydrogens (tertiary/aromatic N) is 2. The van der Waals surface area contributed by atoms with Gasteiger partial charge in [-0.15, -0.1) is 10.2 Å². The normalized spacial score (nSPS) is 11.7. The molecular formula is C23H26N4O5. The molecule has 0 bridgehead atoms. The molecule has 0 spiro atoms. The quantitative estimate of drug-likeness (QED) is 0.513. The molecule has 9 nitrogen and oxygen atoms in total. The van der Waals surface area contributed by atoms with Crippen LogP contribution in [-0.2, 0) is 11.3 Å². The molecule has 0 unspecified atom stereocenters. The summed E-state index contributed by atoms with van der Waals surface area (Å²) in [5.41, 5.74) is 1.96. The van der Waals surface area contributed by atoms with Crippen LogP contribution < -0.4 is 15.4 Å². The highest BCUT2D eigenvalue weighted by Crippen LogP contribution is 2.24. The van der Waals surface area contributed by atoms with Gasteiger partial charge in [0, 0.05) is 18.2 Å². The Balaban J connectivity index is 1.56. The van der Waals surface area contributed by atoms with Crippen molar-refractivity contribution in [3.8, 4) is 17.2 Å². The number of hydrogen-bond acceptors (Lipinski definition) is 7. The molecule has 1 atom stereocenters. The first-order chi connectivity index (χ1) is 15.4. The van der Waals surface area contributed by atoms with Crippen LogP contribution in [0.5, 0.6) is 5.75 Å². The van der Waals surface area contributed by atoms with Gasteiger partial charge < -0.3 is 24.5 Å². The molecule has 2 amide bonds. The number of rotatable bonds is 8. The largest absolute Gasteiger partial charge is 0.497 e. The second kappa shape index (κ2) is 10.4. The number of nitrogens with one attached hydrogen (secondary N) is 2. The summed E-state index contributed by atoms with van der Waals surface area (Å²) < 4.78 is 16.2. The number of urea groups is 1. The van der Waals surface area contributed by atoms with E-state index in [0.29, 0.717) is 18.0 Å². The van der Waals surface area contributed by atoms with Crippen LogP contribution in [0, 0.1) is 0 Å². The highest BCUT2D eigenvalue weighted by Gasteiger charge is 2.20. The maximum Gasteiger partial charge on any atom is 0.338 e. The molecule has 0 saturated heterocycles. The van der Waals surface area contributed by atoms with E-state index in [1.807, 2.05) is 13.8 Å². The molecule has 1 aromatic heterocycles. The van der Waals surface area contributed by atoms with Gasteiger partial charge in [0.25, 0.3) is 5.89 Å². The predicted octanol–water partition coefficient (Wildman–Crippen LogP) is 3.87. The second-order valence-corrected chi connectivity index (χ2v) is 7.40. The van der Waals surface area contributed by atoms with Crippen molar-refractivity contribution in [3.63, 3.8) is 0 Å². The molecule has 0 saturated carbocycles. The smallest absolute Gasteiger partial charge is 0.338 e. The number of aromatic nitrogens is 2. The van der Waals surface area contributed by atoms with Gasteiger partial charge in [-0.3, -0.25) is 0 Å². The molecule has 2 N–H and O–H groups in total. The number of methoxy groups -OCH3 is 1. The fourth-order valence-electron chi connectivity index (χ4n) is 2.78. The van der Waals surface area contributed by atoms with E-state index in [0.717, 1.165) is 16.9 Å². The first-order valence-electron chi connectivity index (χ1n) is 10.2. The third-order valence-corrected chi connectivity index (χ3v) is 4.47. The first-order valence-corrected chi connectivity index (χ1v) is 10.2. The van der Waals surface area contributed by atoms with Crippen LogP contribution in [0.25, 0.3) is 11.5 Å².